The highest BCUT2D eigenvalue weighted by molar-refractivity contribution is 6.01. The molecule has 0 saturated heterocycles. The lowest BCUT2D eigenvalue weighted by molar-refractivity contribution is -0.138. The predicted molar refractivity (Wildman–Crippen MR) is 88.6 cm³/mol. The molecule has 0 unspecified atom stereocenters. The van der Waals surface area contributed by atoms with Crippen molar-refractivity contribution in [3.63, 3.8) is 0 Å². The molecule has 0 saturated carbocycles. The van der Waals surface area contributed by atoms with Crippen LogP contribution in [0.25, 0.3) is 0 Å². The Kier molecular flexibility index (Phi) is 5.95. The van der Waals surface area contributed by atoms with Crippen LogP contribution in [0.5, 0.6) is 11.5 Å². The standard InChI is InChI=1S/C17H14F6N2O3/c1-27-13-5-3-9(16(18,19)20)7-11(13)24-15(26)25-12-8-10(17(21,22)23)4-6-14(12)28-2/h3-8H,1-2H3,(H2,24,25,26). The zero-order valence-corrected chi connectivity index (χ0v) is 14.5. The summed E-state index contributed by atoms with van der Waals surface area (Å²) in [7, 11) is 2.36. The van der Waals surface area contributed by atoms with E-state index in [4.69, 9.17) is 9.47 Å². The molecule has 2 aromatic carbocycles. The molecule has 2 amide bonds. The van der Waals surface area contributed by atoms with Crippen molar-refractivity contribution in [3.8, 4) is 11.5 Å². The Morgan fingerprint density at radius 3 is 1.39 bits per heavy atom. The minimum atomic E-state index is -4.66. The van der Waals surface area contributed by atoms with Crippen molar-refractivity contribution in [1.29, 1.82) is 0 Å². The van der Waals surface area contributed by atoms with E-state index < -0.39 is 29.5 Å². The molecular formula is C17H14F6N2O3. The predicted octanol–water partition coefficient (Wildman–Crippen LogP) is 5.39. The van der Waals surface area contributed by atoms with Gasteiger partial charge in [0.2, 0.25) is 0 Å². The Morgan fingerprint density at radius 2 is 1.11 bits per heavy atom. The molecule has 28 heavy (non-hydrogen) atoms. The maximum absolute atomic E-state index is 12.9. The summed E-state index contributed by atoms with van der Waals surface area (Å²) in [5.74, 6) is -0.140. The number of hydrogen-bond donors (Lipinski definition) is 2. The van der Waals surface area contributed by atoms with Gasteiger partial charge in [0, 0.05) is 0 Å². The van der Waals surface area contributed by atoms with Gasteiger partial charge >= 0.3 is 18.4 Å². The number of benzene rings is 2. The van der Waals surface area contributed by atoms with Gasteiger partial charge in [-0.15, -0.1) is 0 Å². The summed E-state index contributed by atoms with van der Waals surface area (Å²) in [6, 6.07) is 3.72. The first-order valence-corrected chi connectivity index (χ1v) is 7.54. The summed E-state index contributed by atoms with van der Waals surface area (Å²) < 4.78 is 86.9. The number of anilines is 2. The van der Waals surface area contributed by atoms with Crippen LogP contribution in [0.15, 0.2) is 36.4 Å². The van der Waals surface area contributed by atoms with Crippen molar-refractivity contribution < 1.29 is 40.6 Å². The Morgan fingerprint density at radius 1 is 0.750 bits per heavy atom. The number of alkyl halides is 6. The third kappa shape index (κ3) is 4.99. The van der Waals surface area contributed by atoms with Crippen LogP contribution < -0.4 is 20.1 Å². The van der Waals surface area contributed by atoms with Gasteiger partial charge in [-0.3, -0.25) is 0 Å². The minimum Gasteiger partial charge on any atom is -0.495 e. The maximum Gasteiger partial charge on any atom is 0.416 e. The van der Waals surface area contributed by atoms with Crippen LogP contribution in [-0.2, 0) is 12.4 Å². The van der Waals surface area contributed by atoms with Gasteiger partial charge in [-0.2, -0.15) is 26.3 Å². The highest BCUT2D eigenvalue weighted by Crippen LogP contribution is 2.36. The van der Waals surface area contributed by atoms with Crippen LogP contribution in [0.4, 0.5) is 42.5 Å². The van der Waals surface area contributed by atoms with Gasteiger partial charge in [0.15, 0.2) is 0 Å². The summed E-state index contributed by atoms with van der Waals surface area (Å²) in [6.07, 6.45) is -9.33. The van der Waals surface area contributed by atoms with Gasteiger partial charge in [-0.1, -0.05) is 0 Å². The quantitative estimate of drug-likeness (QED) is 0.668. The van der Waals surface area contributed by atoms with Crippen molar-refractivity contribution in [2.75, 3.05) is 24.9 Å². The van der Waals surface area contributed by atoms with E-state index in [0.717, 1.165) is 24.3 Å². The lowest BCUT2D eigenvalue weighted by atomic mass is 10.1. The van der Waals surface area contributed by atoms with Crippen LogP contribution in [0.2, 0.25) is 0 Å². The van der Waals surface area contributed by atoms with Crippen LogP contribution in [0.3, 0.4) is 0 Å². The molecule has 2 N–H and O–H groups in total. The topological polar surface area (TPSA) is 59.6 Å². The minimum absolute atomic E-state index is 0.0702. The number of urea groups is 1. The molecule has 0 aliphatic rings. The smallest absolute Gasteiger partial charge is 0.416 e. The largest absolute Gasteiger partial charge is 0.495 e. The molecule has 152 valence electrons. The third-order valence-electron chi connectivity index (χ3n) is 3.55. The van der Waals surface area contributed by atoms with Crippen molar-refractivity contribution in [3.05, 3.63) is 47.5 Å². The lowest BCUT2D eigenvalue weighted by Gasteiger charge is -2.16. The van der Waals surface area contributed by atoms with Crippen molar-refractivity contribution in [2.45, 2.75) is 12.4 Å². The Hall–Kier alpha value is -3.11. The SMILES string of the molecule is COc1ccc(C(F)(F)F)cc1NC(=O)Nc1cc(C(F)(F)F)ccc1OC. The Balaban J connectivity index is 2.29. The summed E-state index contributed by atoms with van der Waals surface area (Å²) in [5, 5.41) is 4.24. The summed E-state index contributed by atoms with van der Waals surface area (Å²) in [5.41, 5.74) is -2.72. The highest BCUT2D eigenvalue weighted by Gasteiger charge is 2.32. The number of carbonyl (C=O) groups excluding carboxylic acids is 1. The second kappa shape index (κ2) is 7.87. The van der Waals surface area contributed by atoms with Gasteiger partial charge in [0.05, 0.1) is 36.7 Å². The summed E-state index contributed by atoms with van der Waals surface area (Å²) in [6.45, 7) is 0. The first-order valence-electron chi connectivity index (χ1n) is 7.54. The fourth-order valence-corrected chi connectivity index (χ4v) is 2.24. The Labute approximate surface area is 155 Å². The number of halogens is 6. The van der Waals surface area contributed by atoms with Crippen molar-refractivity contribution in [2.24, 2.45) is 0 Å². The van der Waals surface area contributed by atoms with Gasteiger partial charge in [0.25, 0.3) is 0 Å². The highest BCUT2D eigenvalue weighted by atomic mass is 19.4. The molecule has 0 bridgehead atoms. The number of amides is 2. The van der Waals surface area contributed by atoms with Gasteiger partial charge in [0.1, 0.15) is 11.5 Å². The molecule has 0 heterocycles. The normalized spacial score (nSPS) is 11.7. The van der Waals surface area contributed by atoms with E-state index in [0.29, 0.717) is 12.1 Å². The number of rotatable bonds is 4. The molecule has 0 aromatic heterocycles. The fourth-order valence-electron chi connectivity index (χ4n) is 2.24. The van der Waals surface area contributed by atoms with E-state index in [2.05, 4.69) is 10.6 Å². The third-order valence-corrected chi connectivity index (χ3v) is 3.55. The Bertz CT molecular complexity index is 795. The molecule has 0 aliphatic carbocycles. The van der Waals surface area contributed by atoms with Crippen LogP contribution >= 0.6 is 0 Å². The number of nitrogens with one attached hydrogen (secondary N) is 2. The first kappa shape index (κ1) is 21.2. The molecular weight excluding hydrogens is 394 g/mol. The van der Waals surface area contributed by atoms with Crippen LogP contribution in [-0.4, -0.2) is 20.3 Å². The molecule has 2 aromatic rings. The second-order valence-electron chi connectivity index (χ2n) is 5.40. The monoisotopic (exact) mass is 408 g/mol. The molecule has 11 heteroatoms. The van der Waals surface area contributed by atoms with E-state index >= 15 is 0 Å². The second-order valence-corrected chi connectivity index (χ2v) is 5.40. The average Bonchev–Trinajstić information content (AvgIpc) is 2.60. The molecule has 2 rings (SSSR count). The van der Waals surface area contributed by atoms with Crippen LogP contribution in [0, 0.1) is 0 Å². The maximum atomic E-state index is 12.9. The molecule has 0 aliphatic heterocycles. The first-order chi connectivity index (χ1) is 13.0. The van der Waals surface area contributed by atoms with Gasteiger partial charge in [-0.25, -0.2) is 4.79 Å². The number of ether oxygens (including phenoxy) is 2. The molecule has 0 fully saturated rings. The molecule has 5 nitrogen and oxygen atoms in total. The number of carbonyl (C=O) groups is 1. The van der Waals surface area contributed by atoms with Crippen molar-refractivity contribution in [1.82, 2.24) is 0 Å². The molecule has 0 radical (unpaired) electrons. The van der Waals surface area contributed by atoms with E-state index in [9.17, 15) is 31.1 Å². The van der Waals surface area contributed by atoms with E-state index in [1.165, 1.54) is 14.2 Å². The number of hydrogen-bond acceptors (Lipinski definition) is 3. The summed E-state index contributed by atoms with van der Waals surface area (Å²) in [4.78, 5) is 12.1. The lowest BCUT2D eigenvalue weighted by Crippen LogP contribution is -2.21. The van der Waals surface area contributed by atoms with Crippen LogP contribution in [0.1, 0.15) is 11.1 Å². The summed E-state index contributed by atoms with van der Waals surface area (Å²) >= 11 is 0. The zero-order valence-electron chi connectivity index (χ0n) is 14.5. The van der Waals surface area contributed by atoms with Crippen molar-refractivity contribution >= 4 is 17.4 Å². The van der Waals surface area contributed by atoms with E-state index in [-0.39, 0.29) is 22.9 Å². The number of methoxy groups -OCH3 is 2. The average molecular weight is 408 g/mol. The van der Waals surface area contributed by atoms with E-state index in [1.54, 1.807) is 0 Å². The molecule has 0 spiro atoms. The molecule has 0 atom stereocenters. The van der Waals surface area contributed by atoms with Gasteiger partial charge < -0.3 is 20.1 Å². The van der Waals surface area contributed by atoms with E-state index in [1.807, 2.05) is 0 Å². The zero-order chi connectivity index (χ0) is 21.1. The van der Waals surface area contributed by atoms with Gasteiger partial charge in [-0.05, 0) is 36.4 Å². The fraction of sp³-hybridized carbons (Fsp3) is 0.235.